The fourth-order valence-corrected chi connectivity index (χ4v) is 11.7. The minimum Gasteiger partial charge on any atom is -0.465 e. The maximum Gasteiger partial charge on any atom is 0.334 e. The van der Waals surface area contributed by atoms with Crippen LogP contribution in [0.15, 0.2) is 10.2 Å². The Morgan fingerprint density at radius 3 is 2.37 bits per heavy atom. The monoisotopic (exact) mass is 704 g/mol. The topological polar surface area (TPSA) is 199 Å². The number of urea groups is 1. The molecule has 2 aliphatic carbocycles. The fourth-order valence-electron chi connectivity index (χ4n) is 9.31. The molecule has 274 valence electrons. The zero-order chi connectivity index (χ0) is 35.8. The Labute approximate surface area is 291 Å². The van der Waals surface area contributed by atoms with E-state index >= 15 is 0 Å². The highest BCUT2D eigenvalue weighted by Gasteiger charge is 2.67. The van der Waals surface area contributed by atoms with Gasteiger partial charge in [0, 0.05) is 40.9 Å². The van der Waals surface area contributed by atoms with Gasteiger partial charge in [-0.15, -0.1) is 0 Å². The van der Waals surface area contributed by atoms with Crippen LogP contribution in [0.3, 0.4) is 0 Å². The summed E-state index contributed by atoms with van der Waals surface area (Å²) in [6, 6.07) is -3.04. The van der Waals surface area contributed by atoms with E-state index in [2.05, 4.69) is 27.0 Å². The first-order valence-electron chi connectivity index (χ1n) is 18.5. The third-order valence-electron chi connectivity index (χ3n) is 12.3. The molecule has 2 heterocycles. The molecule has 0 aromatic rings. The van der Waals surface area contributed by atoms with Crippen molar-refractivity contribution in [1.29, 1.82) is 0 Å². The molecule has 4 fully saturated rings. The summed E-state index contributed by atoms with van der Waals surface area (Å²) in [4.78, 5) is 48.9. The lowest BCUT2D eigenvalue weighted by Crippen LogP contribution is -2.66. The smallest absolute Gasteiger partial charge is 0.334 e. The Kier molecular flexibility index (Phi) is 13.3. The van der Waals surface area contributed by atoms with Gasteiger partial charge in [0.1, 0.15) is 5.78 Å². The molecular weight excluding hydrogens is 648 g/mol. The standard InChI is InChI=1S/C34H56N8O6S/c1-5-6-7-8-9-10-11-14-26(38-40-36)22-27-15-16-28-30(31(44)48-20-13-12-19-37-39-35)24(2)42(32(45)41(27)28)49(46,47)23-34-18-17-25(21-29(34)43)33(34,3)4/h24-28,30H,5-23H2,1-4H3/t24-,25?,26-,27+,28+,30+,34-/m1/s1. The summed E-state index contributed by atoms with van der Waals surface area (Å²) in [5, 5.41) is 7.58. The molecule has 4 aliphatic rings. The predicted octanol–water partition coefficient (Wildman–Crippen LogP) is 7.83. The van der Waals surface area contributed by atoms with Gasteiger partial charge in [-0.2, -0.15) is 0 Å². The van der Waals surface area contributed by atoms with Crippen LogP contribution in [0.1, 0.15) is 130 Å². The predicted molar refractivity (Wildman–Crippen MR) is 186 cm³/mol. The van der Waals surface area contributed by atoms with Crippen LogP contribution in [0.2, 0.25) is 0 Å². The number of azide groups is 2. The molecular formula is C34H56N8O6S. The first-order valence-corrected chi connectivity index (χ1v) is 20.1. The minimum absolute atomic E-state index is 0.0642. The lowest BCUT2D eigenvalue weighted by molar-refractivity contribution is -0.153. The van der Waals surface area contributed by atoms with Gasteiger partial charge in [-0.3, -0.25) is 9.59 Å². The molecule has 14 nitrogen and oxygen atoms in total. The molecule has 2 saturated heterocycles. The molecule has 2 amide bonds. The van der Waals surface area contributed by atoms with E-state index in [4.69, 9.17) is 10.3 Å². The Bertz CT molecular complexity index is 1410. The van der Waals surface area contributed by atoms with E-state index in [1.165, 1.54) is 25.7 Å². The van der Waals surface area contributed by atoms with Gasteiger partial charge in [0.2, 0.25) is 10.0 Å². The summed E-state index contributed by atoms with van der Waals surface area (Å²) in [5.41, 5.74) is 16.3. The molecule has 15 heteroatoms. The molecule has 7 atom stereocenters. The molecule has 2 bridgehead atoms. The number of carbonyl (C=O) groups excluding carboxylic acids is 3. The number of esters is 1. The van der Waals surface area contributed by atoms with Crippen molar-refractivity contribution < 1.29 is 27.5 Å². The summed E-state index contributed by atoms with van der Waals surface area (Å²) in [6.45, 7) is 8.04. The molecule has 49 heavy (non-hydrogen) atoms. The number of nitrogens with zero attached hydrogens (tertiary/aromatic N) is 8. The fraction of sp³-hybridized carbons (Fsp3) is 0.912. The summed E-state index contributed by atoms with van der Waals surface area (Å²) in [7, 11) is -4.36. The summed E-state index contributed by atoms with van der Waals surface area (Å²) >= 11 is 0. The van der Waals surface area contributed by atoms with Gasteiger partial charge in [-0.05, 0) is 80.7 Å². The molecule has 0 spiro atoms. The number of rotatable bonds is 20. The Morgan fingerprint density at radius 2 is 1.73 bits per heavy atom. The second kappa shape index (κ2) is 16.8. The quantitative estimate of drug-likeness (QED) is 0.0406. The minimum atomic E-state index is -4.36. The number of unbranched alkanes of at least 4 members (excludes halogenated alkanes) is 7. The molecule has 2 aliphatic heterocycles. The van der Waals surface area contributed by atoms with E-state index in [1.807, 2.05) is 13.8 Å². The third kappa shape index (κ3) is 8.15. The van der Waals surface area contributed by atoms with Gasteiger partial charge in [-0.25, -0.2) is 17.5 Å². The third-order valence-corrected chi connectivity index (χ3v) is 14.2. The molecule has 0 aromatic heterocycles. The van der Waals surface area contributed by atoms with Gasteiger partial charge in [0.25, 0.3) is 0 Å². The summed E-state index contributed by atoms with van der Waals surface area (Å²) in [5.74, 6) is -1.94. The second-order valence-corrected chi connectivity index (χ2v) is 17.2. The lowest BCUT2D eigenvalue weighted by atomic mass is 9.70. The molecule has 1 unspecified atom stereocenters. The van der Waals surface area contributed by atoms with Gasteiger partial charge in [0.05, 0.1) is 29.7 Å². The van der Waals surface area contributed by atoms with Crippen LogP contribution in [0.5, 0.6) is 0 Å². The zero-order valence-corrected chi connectivity index (χ0v) is 30.7. The molecule has 0 radical (unpaired) electrons. The maximum atomic E-state index is 14.5. The average molecular weight is 705 g/mol. The number of ether oxygens (including phenoxy) is 1. The number of fused-ring (bicyclic) bond motifs is 3. The Balaban J connectivity index is 1.56. The van der Waals surface area contributed by atoms with Crippen molar-refractivity contribution >= 4 is 27.8 Å². The highest BCUT2D eigenvalue weighted by atomic mass is 32.2. The Hall–Kier alpha value is -3.02. The van der Waals surface area contributed by atoms with Crippen LogP contribution in [0, 0.1) is 22.7 Å². The highest BCUT2D eigenvalue weighted by Crippen LogP contribution is 2.64. The van der Waals surface area contributed by atoms with Crippen molar-refractivity contribution in [2.45, 2.75) is 155 Å². The number of hydrogen-bond acceptors (Lipinski definition) is 8. The summed E-state index contributed by atoms with van der Waals surface area (Å²) < 4.78 is 35.5. The Morgan fingerprint density at radius 1 is 1.02 bits per heavy atom. The van der Waals surface area contributed by atoms with Crippen molar-refractivity contribution in [2.24, 2.45) is 32.9 Å². The van der Waals surface area contributed by atoms with Gasteiger partial charge >= 0.3 is 12.0 Å². The SMILES string of the molecule is CCCCCCCCC[C@H](C[C@@H]1CC[C@H]2[C@@H](C(=O)OCCCCN=[N+]=[N-])[C@@H](C)N(S(=O)(=O)C[C@]34CCC(CC3=O)C4(C)C)C(=O)N12)N=[N+]=[N-]. The largest absolute Gasteiger partial charge is 0.465 e. The molecule has 4 rings (SSSR count). The zero-order valence-electron chi connectivity index (χ0n) is 29.8. The van der Waals surface area contributed by atoms with E-state index in [1.54, 1.807) is 11.8 Å². The number of Topliss-reactive ketones (excluding diaryl/α,β-unsaturated/α-hetero) is 1. The van der Waals surface area contributed by atoms with E-state index in [0.29, 0.717) is 51.4 Å². The van der Waals surface area contributed by atoms with Crippen molar-refractivity contribution in [3.05, 3.63) is 20.9 Å². The number of ketones is 1. The number of sulfonamides is 1. The van der Waals surface area contributed by atoms with Crippen LogP contribution >= 0.6 is 0 Å². The van der Waals surface area contributed by atoms with Crippen molar-refractivity contribution in [3.63, 3.8) is 0 Å². The normalized spacial score (nSPS) is 29.3. The van der Waals surface area contributed by atoms with Crippen molar-refractivity contribution in [3.8, 4) is 0 Å². The number of hydrogen-bond donors (Lipinski definition) is 0. The van der Waals surface area contributed by atoms with Crippen LogP contribution < -0.4 is 0 Å². The van der Waals surface area contributed by atoms with Crippen LogP contribution in [0.25, 0.3) is 20.9 Å². The van der Waals surface area contributed by atoms with Crippen molar-refractivity contribution in [2.75, 3.05) is 18.9 Å². The van der Waals surface area contributed by atoms with E-state index in [9.17, 15) is 28.3 Å². The second-order valence-electron chi connectivity index (χ2n) is 15.3. The van der Waals surface area contributed by atoms with Gasteiger partial charge in [0.15, 0.2) is 0 Å². The van der Waals surface area contributed by atoms with Crippen molar-refractivity contribution in [1.82, 2.24) is 9.21 Å². The van der Waals surface area contributed by atoms with Crippen LogP contribution in [-0.4, -0.2) is 78.5 Å². The number of amides is 2. The molecule has 0 aromatic carbocycles. The van der Waals surface area contributed by atoms with Gasteiger partial charge in [-0.1, -0.05) is 75.9 Å². The maximum absolute atomic E-state index is 14.5. The first kappa shape index (κ1) is 38.8. The van der Waals surface area contributed by atoms with Crippen LogP contribution in [-0.2, 0) is 24.3 Å². The molecule has 0 N–H and O–H groups in total. The van der Waals surface area contributed by atoms with E-state index in [-0.39, 0.29) is 30.9 Å². The number of carbonyl (C=O) groups is 3. The summed E-state index contributed by atoms with van der Waals surface area (Å²) in [6.07, 6.45) is 12.5. The van der Waals surface area contributed by atoms with Crippen LogP contribution in [0.4, 0.5) is 4.79 Å². The van der Waals surface area contributed by atoms with Gasteiger partial charge < -0.3 is 9.64 Å². The van der Waals surface area contributed by atoms with E-state index in [0.717, 1.165) is 30.0 Å². The average Bonchev–Trinajstić information content (AvgIpc) is 3.61. The first-order chi connectivity index (χ1) is 23.4. The highest BCUT2D eigenvalue weighted by molar-refractivity contribution is 7.89. The molecule has 2 saturated carbocycles. The lowest BCUT2D eigenvalue weighted by Gasteiger charge is -2.48. The van der Waals surface area contributed by atoms with E-state index < -0.39 is 62.6 Å².